The van der Waals surface area contributed by atoms with Gasteiger partial charge in [0.15, 0.2) is 0 Å². The number of hydrogen-bond donors (Lipinski definition) is 3. The van der Waals surface area contributed by atoms with Crippen LogP contribution < -0.4 is 10.6 Å². The predicted molar refractivity (Wildman–Crippen MR) is 179 cm³/mol. The Balaban J connectivity index is 1.26. The molecule has 0 spiro atoms. The Morgan fingerprint density at radius 3 is 2.42 bits per heavy atom. The number of thioether (sulfide) groups is 1. The summed E-state index contributed by atoms with van der Waals surface area (Å²) in [6.07, 6.45) is 2.79. The lowest BCUT2D eigenvalue weighted by Gasteiger charge is -2.17. The molecule has 7 nitrogen and oxygen atoms in total. The zero-order valence-corrected chi connectivity index (χ0v) is 26.0. The van der Waals surface area contributed by atoms with Crippen LogP contribution in [0.3, 0.4) is 0 Å². The first-order chi connectivity index (χ1) is 21.8. The van der Waals surface area contributed by atoms with Gasteiger partial charge in [0.25, 0.3) is 5.91 Å². The van der Waals surface area contributed by atoms with E-state index < -0.39 is 17.1 Å². The molecule has 1 heterocycles. The fourth-order valence-electron chi connectivity index (χ4n) is 5.73. The summed E-state index contributed by atoms with van der Waals surface area (Å²) < 4.78 is 0. The molecule has 45 heavy (non-hydrogen) atoms. The van der Waals surface area contributed by atoms with E-state index in [1.54, 1.807) is 48.5 Å². The molecule has 224 valence electrons. The smallest absolute Gasteiger partial charge is 0.336 e. The summed E-state index contributed by atoms with van der Waals surface area (Å²) in [5.41, 5.74) is 3.25. The number of carboxylic acids is 1. The second-order valence-electron chi connectivity index (χ2n) is 11.1. The Kier molecular flexibility index (Phi) is 8.69. The number of amides is 2. The van der Waals surface area contributed by atoms with E-state index >= 15 is 0 Å². The van der Waals surface area contributed by atoms with Crippen molar-refractivity contribution in [2.75, 3.05) is 10.6 Å². The molecule has 0 saturated carbocycles. The lowest BCUT2D eigenvalue weighted by molar-refractivity contribution is -0.115. The number of anilines is 2. The highest BCUT2D eigenvalue weighted by Gasteiger charge is 2.28. The molecule has 5 aromatic rings. The van der Waals surface area contributed by atoms with Crippen LogP contribution in [0.15, 0.2) is 95.9 Å². The molecule has 0 radical (unpaired) electrons. The number of aromatic carboxylic acids is 1. The average molecular weight is 632 g/mol. The number of carboxylic acid groups (broad SMARTS) is 1. The molecule has 2 atom stereocenters. The third-order valence-electron chi connectivity index (χ3n) is 7.93. The van der Waals surface area contributed by atoms with Crippen molar-refractivity contribution in [3.05, 3.63) is 124 Å². The maximum atomic E-state index is 13.9. The number of nitriles is 1. The minimum absolute atomic E-state index is 0.0555. The maximum Gasteiger partial charge on any atom is 0.336 e. The maximum absolute atomic E-state index is 13.9. The SMILES string of the molecule is CC1CCc2c(sc(NC(=O)C(Sc3cccc(NC(=O)c4cccc5cccc(C(=O)O)c45)c3)c3ccccc3)c2C#N)C1. The summed E-state index contributed by atoms with van der Waals surface area (Å²) in [6, 6.07) is 29.0. The van der Waals surface area contributed by atoms with Gasteiger partial charge in [-0.25, -0.2) is 4.79 Å². The van der Waals surface area contributed by atoms with Crippen LogP contribution in [0.5, 0.6) is 0 Å². The lowest BCUT2D eigenvalue weighted by atomic mass is 9.88. The molecule has 6 rings (SSSR count). The van der Waals surface area contributed by atoms with E-state index in [1.165, 1.54) is 34.0 Å². The number of nitrogens with zero attached hydrogens (tertiary/aromatic N) is 1. The monoisotopic (exact) mass is 631 g/mol. The standard InChI is InChI=1S/C36H29N3O4S2/c1-21-16-17-26-29(20-37)35(45-30(26)18-21)39-34(41)32(23-8-3-2-4-9-23)44-25-13-7-12-24(19-25)38-33(40)27-14-5-10-22-11-6-15-28(31(22)27)36(42)43/h2-15,19,21,32H,16-18H2,1H3,(H,38,40)(H,39,41)(H,42,43). The Labute approximate surface area is 268 Å². The van der Waals surface area contributed by atoms with Gasteiger partial charge in [0.2, 0.25) is 5.91 Å². The van der Waals surface area contributed by atoms with E-state index in [-0.39, 0.29) is 17.0 Å². The van der Waals surface area contributed by atoms with Crippen LogP contribution in [-0.2, 0) is 17.6 Å². The fourth-order valence-corrected chi connectivity index (χ4v) is 8.17. The third kappa shape index (κ3) is 6.34. The molecule has 0 aliphatic heterocycles. The summed E-state index contributed by atoms with van der Waals surface area (Å²) in [5, 5.41) is 26.7. The van der Waals surface area contributed by atoms with E-state index in [9.17, 15) is 24.8 Å². The number of thiophene rings is 1. The molecule has 4 aromatic carbocycles. The molecule has 2 amide bonds. The Bertz CT molecular complexity index is 1970. The zero-order valence-electron chi connectivity index (χ0n) is 24.4. The molecule has 1 aromatic heterocycles. The number of carbonyl (C=O) groups excluding carboxylic acids is 2. The van der Waals surface area contributed by atoms with Gasteiger partial charge >= 0.3 is 5.97 Å². The van der Waals surface area contributed by atoms with Gasteiger partial charge in [-0.2, -0.15) is 5.26 Å². The highest BCUT2D eigenvalue weighted by atomic mass is 32.2. The minimum Gasteiger partial charge on any atom is -0.478 e. The van der Waals surface area contributed by atoms with Crippen LogP contribution in [-0.4, -0.2) is 22.9 Å². The molecule has 1 aliphatic rings. The topological polar surface area (TPSA) is 119 Å². The fraction of sp³-hybridized carbons (Fsp3) is 0.167. The van der Waals surface area contributed by atoms with Gasteiger partial charge in [0.1, 0.15) is 16.3 Å². The van der Waals surface area contributed by atoms with E-state index in [1.807, 2.05) is 36.4 Å². The molecule has 0 fully saturated rings. The normalized spacial score (nSPS) is 14.6. The van der Waals surface area contributed by atoms with Gasteiger partial charge in [-0.15, -0.1) is 23.1 Å². The summed E-state index contributed by atoms with van der Waals surface area (Å²) in [7, 11) is 0. The Morgan fingerprint density at radius 1 is 0.956 bits per heavy atom. The first-order valence-corrected chi connectivity index (χ1v) is 16.3. The quantitative estimate of drug-likeness (QED) is 0.148. The van der Waals surface area contributed by atoms with Crippen LogP contribution in [0.1, 0.15) is 60.9 Å². The molecule has 1 aliphatic carbocycles. The highest BCUT2D eigenvalue weighted by molar-refractivity contribution is 8.00. The van der Waals surface area contributed by atoms with Crippen LogP contribution >= 0.6 is 23.1 Å². The second-order valence-corrected chi connectivity index (χ2v) is 13.3. The number of rotatable bonds is 8. The average Bonchev–Trinajstić information content (AvgIpc) is 3.39. The van der Waals surface area contributed by atoms with E-state index in [0.717, 1.165) is 35.3 Å². The number of benzene rings is 4. The molecule has 3 N–H and O–H groups in total. The first-order valence-electron chi connectivity index (χ1n) is 14.6. The molecule has 0 saturated heterocycles. The Hall–Kier alpha value is -4.91. The molecule has 0 bridgehead atoms. The lowest BCUT2D eigenvalue weighted by Crippen LogP contribution is -2.19. The van der Waals surface area contributed by atoms with Gasteiger partial charge in [-0.05, 0) is 72.0 Å². The van der Waals surface area contributed by atoms with Crippen molar-refractivity contribution in [3.8, 4) is 6.07 Å². The van der Waals surface area contributed by atoms with Crippen LogP contribution in [0.25, 0.3) is 10.8 Å². The van der Waals surface area contributed by atoms with Crippen LogP contribution in [0.2, 0.25) is 0 Å². The summed E-state index contributed by atoms with van der Waals surface area (Å²) in [6.45, 7) is 2.21. The molecule has 2 unspecified atom stereocenters. The number of nitrogens with one attached hydrogen (secondary N) is 2. The van der Waals surface area contributed by atoms with Gasteiger partial charge in [0, 0.05) is 26.4 Å². The summed E-state index contributed by atoms with van der Waals surface area (Å²) in [4.78, 5) is 41.1. The van der Waals surface area contributed by atoms with Gasteiger partial charge < -0.3 is 15.7 Å². The van der Waals surface area contributed by atoms with Crippen molar-refractivity contribution in [2.45, 2.75) is 36.3 Å². The van der Waals surface area contributed by atoms with Crippen LogP contribution in [0, 0.1) is 17.2 Å². The van der Waals surface area contributed by atoms with Crippen molar-refractivity contribution in [1.29, 1.82) is 5.26 Å². The van der Waals surface area contributed by atoms with E-state index in [2.05, 4.69) is 23.6 Å². The van der Waals surface area contributed by atoms with Gasteiger partial charge in [-0.3, -0.25) is 9.59 Å². The molecule has 9 heteroatoms. The first kappa shape index (κ1) is 30.1. The highest BCUT2D eigenvalue weighted by Crippen LogP contribution is 2.42. The molecular weight excluding hydrogens is 603 g/mol. The van der Waals surface area contributed by atoms with Crippen molar-refractivity contribution in [2.24, 2.45) is 5.92 Å². The third-order valence-corrected chi connectivity index (χ3v) is 10.3. The molecular formula is C36H29N3O4S2. The number of fused-ring (bicyclic) bond motifs is 2. The predicted octanol–water partition coefficient (Wildman–Crippen LogP) is 8.32. The van der Waals surface area contributed by atoms with Crippen LogP contribution in [0.4, 0.5) is 10.7 Å². The summed E-state index contributed by atoms with van der Waals surface area (Å²) >= 11 is 2.84. The number of hydrogen-bond acceptors (Lipinski definition) is 6. The zero-order chi connectivity index (χ0) is 31.5. The second kappa shape index (κ2) is 13.0. The van der Waals surface area contributed by atoms with Gasteiger partial charge in [-0.1, -0.05) is 67.6 Å². The van der Waals surface area contributed by atoms with E-state index in [0.29, 0.717) is 32.9 Å². The Morgan fingerprint density at radius 2 is 1.69 bits per heavy atom. The van der Waals surface area contributed by atoms with Gasteiger partial charge in [0.05, 0.1) is 11.1 Å². The minimum atomic E-state index is -1.11. The number of carbonyl (C=O) groups is 3. The van der Waals surface area contributed by atoms with Crippen molar-refractivity contribution in [1.82, 2.24) is 0 Å². The van der Waals surface area contributed by atoms with Crippen molar-refractivity contribution < 1.29 is 19.5 Å². The van der Waals surface area contributed by atoms with Crippen molar-refractivity contribution >= 4 is 62.3 Å². The van der Waals surface area contributed by atoms with E-state index in [4.69, 9.17) is 0 Å². The summed E-state index contributed by atoms with van der Waals surface area (Å²) in [5.74, 6) is -1.23. The largest absolute Gasteiger partial charge is 0.478 e. The van der Waals surface area contributed by atoms with Crippen molar-refractivity contribution in [3.63, 3.8) is 0 Å².